The maximum atomic E-state index is 12.8. The Balaban J connectivity index is 1.98. The van der Waals surface area contributed by atoms with Crippen molar-refractivity contribution >= 4 is 19.9 Å². The molecule has 3 heterocycles. The molecule has 6 N–H and O–H groups in total. The zero-order valence-corrected chi connectivity index (χ0v) is 18.7. The van der Waals surface area contributed by atoms with E-state index in [0.717, 1.165) is 6.07 Å². The van der Waals surface area contributed by atoms with Gasteiger partial charge in [-0.3, -0.25) is 4.98 Å². The van der Waals surface area contributed by atoms with Crippen LogP contribution in [0.5, 0.6) is 0 Å². The summed E-state index contributed by atoms with van der Waals surface area (Å²) in [4.78, 5) is 3.25. The summed E-state index contributed by atoms with van der Waals surface area (Å²) >= 11 is 0. The number of nitrogens with two attached hydrogens (primary N) is 2. The quantitative estimate of drug-likeness (QED) is 0.304. The van der Waals surface area contributed by atoms with Crippen molar-refractivity contribution in [1.29, 1.82) is 5.26 Å². The molecule has 0 aliphatic carbocycles. The molecule has 1 fully saturated rings. The Bertz CT molecular complexity index is 1440. The Morgan fingerprint density at radius 3 is 2.39 bits per heavy atom. The fraction of sp³-hybridized carbons (Fsp3) is 0.278. The SMILES string of the molecule is N#CC1(c2ccc(-c3ccc(S(=O)(=O)CCN)c(S(N)(=O)=O)c3-c3nnn[nH]3)cn2)CNC1. The number of nitriles is 1. The molecule has 2 aromatic heterocycles. The van der Waals surface area contributed by atoms with Gasteiger partial charge in [-0.05, 0) is 28.1 Å². The van der Waals surface area contributed by atoms with Gasteiger partial charge in [-0.15, -0.1) is 5.10 Å². The Kier molecular flexibility index (Phi) is 5.72. The van der Waals surface area contributed by atoms with Crippen LogP contribution in [-0.4, -0.2) is 67.8 Å². The van der Waals surface area contributed by atoms with Crippen LogP contribution in [0.15, 0.2) is 40.3 Å². The van der Waals surface area contributed by atoms with Gasteiger partial charge in [0, 0.05) is 37.0 Å². The molecule has 3 aromatic rings. The Hall–Kier alpha value is -3.29. The van der Waals surface area contributed by atoms with Crippen LogP contribution in [0.1, 0.15) is 5.69 Å². The number of nitrogens with zero attached hydrogens (tertiary/aromatic N) is 5. The van der Waals surface area contributed by atoms with Crippen LogP contribution < -0.4 is 16.2 Å². The monoisotopic (exact) mass is 489 g/mol. The zero-order chi connectivity index (χ0) is 23.9. The number of aromatic amines is 1. The summed E-state index contributed by atoms with van der Waals surface area (Å²) in [6.07, 6.45) is 1.47. The van der Waals surface area contributed by atoms with Crippen molar-refractivity contribution in [3.63, 3.8) is 0 Å². The van der Waals surface area contributed by atoms with Crippen LogP contribution in [0.25, 0.3) is 22.5 Å². The second-order valence-electron chi connectivity index (χ2n) is 7.45. The van der Waals surface area contributed by atoms with Gasteiger partial charge in [-0.2, -0.15) is 5.26 Å². The third-order valence-corrected chi connectivity index (χ3v) is 8.25. The van der Waals surface area contributed by atoms with Gasteiger partial charge < -0.3 is 11.1 Å². The van der Waals surface area contributed by atoms with Crippen LogP contribution in [0.4, 0.5) is 0 Å². The van der Waals surface area contributed by atoms with Gasteiger partial charge in [0.2, 0.25) is 10.0 Å². The van der Waals surface area contributed by atoms with Crippen molar-refractivity contribution in [1.82, 2.24) is 30.9 Å². The average Bonchev–Trinajstić information content (AvgIpc) is 3.27. The first kappa shape index (κ1) is 22.9. The number of primary sulfonamides is 1. The van der Waals surface area contributed by atoms with E-state index in [1.54, 1.807) is 12.1 Å². The number of rotatable bonds is 7. The maximum absolute atomic E-state index is 12.8. The van der Waals surface area contributed by atoms with Crippen LogP contribution >= 0.6 is 0 Å². The van der Waals surface area contributed by atoms with E-state index in [0.29, 0.717) is 24.3 Å². The summed E-state index contributed by atoms with van der Waals surface area (Å²) in [7, 11) is -8.65. The lowest BCUT2D eigenvalue weighted by Crippen LogP contribution is -2.56. The molecule has 13 nitrogen and oxygen atoms in total. The third-order valence-electron chi connectivity index (χ3n) is 5.34. The van der Waals surface area contributed by atoms with Gasteiger partial charge in [0.1, 0.15) is 10.3 Å². The lowest BCUT2D eigenvalue weighted by atomic mass is 9.79. The van der Waals surface area contributed by atoms with Crippen molar-refractivity contribution in [2.45, 2.75) is 15.2 Å². The number of sulfone groups is 1. The predicted molar refractivity (Wildman–Crippen MR) is 115 cm³/mol. The van der Waals surface area contributed by atoms with Crippen LogP contribution in [0.3, 0.4) is 0 Å². The summed E-state index contributed by atoms with van der Waals surface area (Å²) in [6, 6.07) is 8.17. The molecule has 0 amide bonds. The molecular formula is C18H19N9O4S2. The molecule has 15 heteroatoms. The van der Waals surface area contributed by atoms with Crippen LogP contribution in [0.2, 0.25) is 0 Å². The molecule has 4 rings (SSSR count). The highest BCUT2D eigenvalue weighted by molar-refractivity contribution is 7.93. The number of tetrazole rings is 1. The van der Waals surface area contributed by atoms with Gasteiger partial charge in [-0.1, -0.05) is 12.1 Å². The van der Waals surface area contributed by atoms with Crippen LogP contribution in [0, 0.1) is 11.3 Å². The van der Waals surface area contributed by atoms with E-state index in [4.69, 9.17) is 10.9 Å². The van der Waals surface area contributed by atoms with E-state index >= 15 is 0 Å². The highest BCUT2D eigenvalue weighted by Crippen LogP contribution is 2.39. The maximum Gasteiger partial charge on any atom is 0.240 e. The standard InChI is InChI=1S/C18H19N9O4S2/c19-5-6-32(28,29)13-3-2-12(15(16(13)33(21,30)31)17-24-26-27-25-17)11-1-4-14(23-7-11)18(8-20)9-22-10-18/h1-4,7,22H,5-6,9-10,19H2,(H2,21,30,31)(H,24,25,26,27). The number of hydrogen-bond donors (Lipinski definition) is 4. The van der Waals surface area contributed by atoms with E-state index in [9.17, 15) is 22.1 Å². The first-order valence-electron chi connectivity index (χ1n) is 9.58. The minimum absolute atomic E-state index is 0.0976. The summed E-state index contributed by atoms with van der Waals surface area (Å²) in [5.41, 5.74) is 5.84. The fourth-order valence-electron chi connectivity index (χ4n) is 3.63. The van der Waals surface area contributed by atoms with Crippen molar-refractivity contribution in [3.05, 3.63) is 36.2 Å². The number of H-pyrrole nitrogens is 1. The third kappa shape index (κ3) is 3.98. The number of benzene rings is 1. The lowest BCUT2D eigenvalue weighted by Gasteiger charge is -2.35. The van der Waals surface area contributed by atoms with E-state index < -0.39 is 40.8 Å². The van der Waals surface area contributed by atoms with E-state index in [-0.39, 0.29) is 23.5 Å². The number of pyridine rings is 1. The highest BCUT2D eigenvalue weighted by Gasteiger charge is 2.40. The minimum Gasteiger partial charge on any atom is -0.329 e. The smallest absolute Gasteiger partial charge is 0.240 e. The van der Waals surface area contributed by atoms with E-state index in [1.165, 1.54) is 12.3 Å². The molecule has 0 unspecified atom stereocenters. The molecule has 0 saturated carbocycles. The molecule has 33 heavy (non-hydrogen) atoms. The van der Waals surface area contributed by atoms with Gasteiger partial charge in [-0.25, -0.2) is 27.1 Å². The minimum atomic E-state index is -4.56. The molecule has 0 radical (unpaired) electrons. The average molecular weight is 490 g/mol. The van der Waals surface area contributed by atoms with Crippen molar-refractivity contribution in [2.75, 3.05) is 25.4 Å². The molecule has 1 aromatic carbocycles. The topological polar surface area (TPSA) is 223 Å². The second kappa shape index (κ2) is 8.24. The lowest BCUT2D eigenvalue weighted by molar-refractivity contribution is 0.348. The normalized spacial score (nSPS) is 15.5. The van der Waals surface area contributed by atoms with E-state index in [1.807, 2.05) is 0 Å². The molecule has 1 aliphatic heterocycles. The fourth-order valence-corrected chi connectivity index (χ4v) is 6.38. The van der Waals surface area contributed by atoms with Gasteiger partial charge in [0.05, 0.1) is 22.4 Å². The summed E-state index contributed by atoms with van der Waals surface area (Å²) in [6.45, 7) is 0.719. The largest absolute Gasteiger partial charge is 0.329 e. The Morgan fingerprint density at radius 1 is 1.15 bits per heavy atom. The molecule has 0 bridgehead atoms. The zero-order valence-electron chi connectivity index (χ0n) is 17.1. The first-order valence-corrected chi connectivity index (χ1v) is 12.8. The van der Waals surface area contributed by atoms with Gasteiger partial charge in [0.15, 0.2) is 15.7 Å². The molecule has 0 spiro atoms. The van der Waals surface area contributed by atoms with Gasteiger partial charge >= 0.3 is 0 Å². The number of sulfonamides is 1. The molecule has 172 valence electrons. The number of hydrogen-bond acceptors (Lipinski definition) is 11. The second-order valence-corrected chi connectivity index (χ2v) is 11.0. The van der Waals surface area contributed by atoms with Crippen molar-refractivity contribution < 1.29 is 16.8 Å². The van der Waals surface area contributed by atoms with Crippen molar-refractivity contribution in [3.8, 4) is 28.6 Å². The summed E-state index contributed by atoms with van der Waals surface area (Å²) < 4.78 is 50.8. The number of nitrogens with one attached hydrogen (secondary N) is 2. The highest BCUT2D eigenvalue weighted by atomic mass is 32.2. The van der Waals surface area contributed by atoms with E-state index in [2.05, 4.69) is 37.0 Å². The molecule has 0 atom stereocenters. The van der Waals surface area contributed by atoms with Crippen molar-refractivity contribution in [2.24, 2.45) is 10.9 Å². The summed E-state index contributed by atoms with van der Waals surface area (Å²) in [5, 5.41) is 31.2. The van der Waals surface area contributed by atoms with Crippen LogP contribution in [-0.2, 0) is 25.3 Å². The Morgan fingerprint density at radius 2 is 1.91 bits per heavy atom. The summed E-state index contributed by atoms with van der Waals surface area (Å²) in [5.74, 6) is -0.580. The molecule has 1 saturated heterocycles. The molecular weight excluding hydrogens is 470 g/mol. The van der Waals surface area contributed by atoms with Gasteiger partial charge in [0.25, 0.3) is 0 Å². The molecule has 1 aliphatic rings. The Labute approximate surface area is 189 Å². The first-order chi connectivity index (χ1) is 15.6. The number of aromatic nitrogens is 5. The predicted octanol–water partition coefficient (Wildman–Crippen LogP) is -1.33.